The number of carbonyl (C=O) groups is 2. The minimum absolute atomic E-state index is 0.0341. The molecule has 0 fully saturated rings. The fraction of sp³-hybridized carbons (Fsp3) is 0.500. The maximum absolute atomic E-state index is 13.9. The second-order valence-electron chi connectivity index (χ2n) is 9.65. The molecule has 0 aliphatic carbocycles. The summed E-state index contributed by atoms with van der Waals surface area (Å²) in [5.74, 6) is -0.652. The van der Waals surface area contributed by atoms with Crippen molar-refractivity contribution in [1.82, 2.24) is 14.5 Å². The van der Waals surface area contributed by atoms with E-state index in [1.54, 1.807) is 6.07 Å². The number of anilines is 1. The van der Waals surface area contributed by atoms with Gasteiger partial charge in [0, 0.05) is 26.7 Å². The molecule has 2 atom stereocenters. The van der Waals surface area contributed by atoms with Crippen molar-refractivity contribution >= 4 is 27.7 Å². The Hall–Kier alpha value is -2.91. The summed E-state index contributed by atoms with van der Waals surface area (Å²) >= 11 is 0. The summed E-state index contributed by atoms with van der Waals surface area (Å²) in [4.78, 5) is 28.6. The van der Waals surface area contributed by atoms with E-state index in [1.807, 2.05) is 77.1 Å². The molecule has 9 heteroatoms. The maximum Gasteiger partial charge on any atom is 0.304 e. The number of amides is 2. The van der Waals surface area contributed by atoms with Gasteiger partial charge in [-0.05, 0) is 62.8 Å². The van der Waals surface area contributed by atoms with E-state index in [4.69, 9.17) is 0 Å². The molecule has 0 aliphatic rings. The highest BCUT2D eigenvalue weighted by Gasteiger charge is 2.34. The number of nitrogens with one attached hydrogen (secondary N) is 1. The lowest BCUT2D eigenvalue weighted by Gasteiger charge is -2.34. The van der Waals surface area contributed by atoms with E-state index in [-0.39, 0.29) is 18.5 Å². The second-order valence-corrected chi connectivity index (χ2v) is 11.7. The topological polar surface area (TPSA) is 90.0 Å². The normalized spacial score (nSPS) is 13.2. The molecular weight excluding hydrogens is 488 g/mol. The summed E-state index contributed by atoms with van der Waals surface area (Å²) in [6.07, 6.45) is 1.72. The molecule has 8 nitrogen and oxygen atoms in total. The van der Waals surface area contributed by atoms with Gasteiger partial charge in [-0.25, -0.2) is 4.31 Å². The van der Waals surface area contributed by atoms with Crippen LogP contribution in [0.2, 0.25) is 0 Å². The van der Waals surface area contributed by atoms with Crippen LogP contribution in [-0.2, 0) is 26.2 Å². The number of aryl methyl sites for hydroxylation is 2. The zero-order valence-corrected chi connectivity index (χ0v) is 24.0. The monoisotopic (exact) mass is 530 g/mol. The summed E-state index contributed by atoms with van der Waals surface area (Å²) in [5, 5.41) is 2.99. The molecule has 0 spiro atoms. The van der Waals surface area contributed by atoms with Gasteiger partial charge in [-0.15, -0.1) is 0 Å². The van der Waals surface area contributed by atoms with Crippen molar-refractivity contribution in [3.8, 4) is 0 Å². The second kappa shape index (κ2) is 13.6. The molecule has 0 unspecified atom stereocenters. The Morgan fingerprint density at radius 2 is 1.62 bits per heavy atom. The molecule has 0 bridgehead atoms. The number of rotatable bonds is 13. The smallest absolute Gasteiger partial charge is 0.304 e. The van der Waals surface area contributed by atoms with Crippen LogP contribution in [0.5, 0.6) is 0 Å². The van der Waals surface area contributed by atoms with E-state index in [9.17, 15) is 18.0 Å². The Morgan fingerprint density at radius 3 is 2.19 bits per heavy atom. The van der Waals surface area contributed by atoms with Crippen LogP contribution >= 0.6 is 0 Å². The average molecular weight is 531 g/mol. The fourth-order valence-electron chi connectivity index (χ4n) is 4.03. The van der Waals surface area contributed by atoms with Crippen LogP contribution in [0.25, 0.3) is 0 Å². The Morgan fingerprint density at radius 1 is 0.973 bits per heavy atom. The van der Waals surface area contributed by atoms with Gasteiger partial charge in [0.1, 0.15) is 12.6 Å². The van der Waals surface area contributed by atoms with Crippen molar-refractivity contribution in [1.29, 1.82) is 0 Å². The molecule has 0 saturated carbocycles. The lowest BCUT2D eigenvalue weighted by molar-refractivity contribution is -0.139. The Balaban J connectivity index is 2.48. The van der Waals surface area contributed by atoms with Crippen LogP contribution in [0.4, 0.5) is 5.69 Å². The molecule has 2 aromatic carbocycles. The predicted molar refractivity (Wildman–Crippen MR) is 150 cm³/mol. The van der Waals surface area contributed by atoms with Gasteiger partial charge >= 0.3 is 10.2 Å². The fourth-order valence-corrected chi connectivity index (χ4v) is 5.14. The molecule has 37 heavy (non-hydrogen) atoms. The van der Waals surface area contributed by atoms with Gasteiger partial charge in [-0.2, -0.15) is 12.7 Å². The lowest BCUT2D eigenvalue weighted by atomic mass is 10.1. The summed E-state index contributed by atoms with van der Waals surface area (Å²) in [6, 6.07) is 14.5. The van der Waals surface area contributed by atoms with Crippen LogP contribution in [0.1, 0.15) is 50.3 Å². The van der Waals surface area contributed by atoms with Crippen molar-refractivity contribution in [2.24, 2.45) is 0 Å². The average Bonchev–Trinajstić information content (AvgIpc) is 2.86. The van der Waals surface area contributed by atoms with Crippen molar-refractivity contribution in [3.63, 3.8) is 0 Å². The highest BCUT2D eigenvalue weighted by atomic mass is 32.2. The Labute approximate surface area is 222 Å². The SMILES string of the molecule is CC[C@@H](C)NC(=O)[C@@H](CC)N(CCc1ccccc1)C(=O)CN(c1cc(C)ccc1C)S(=O)(=O)N(C)C. The molecule has 0 aliphatic heterocycles. The molecule has 0 heterocycles. The Bertz CT molecular complexity index is 1150. The predicted octanol–water partition coefficient (Wildman–Crippen LogP) is 3.68. The zero-order chi connectivity index (χ0) is 27.8. The zero-order valence-electron chi connectivity index (χ0n) is 23.2. The minimum Gasteiger partial charge on any atom is -0.352 e. The standard InChI is InChI=1S/C28H42N4O4S/c1-8-23(5)29-28(34)25(9-2)31(18-17-24-13-11-10-12-14-24)27(33)20-32(37(35,36)30(6)7)26-19-21(3)15-16-22(26)4/h10-16,19,23,25H,8-9,17-18,20H2,1-7H3,(H,29,34)/t23-,25-/m1/s1. The molecule has 2 rings (SSSR count). The number of carbonyl (C=O) groups excluding carboxylic acids is 2. The largest absolute Gasteiger partial charge is 0.352 e. The molecule has 0 aromatic heterocycles. The van der Waals surface area contributed by atoms with Crippen LogP contribution in [-0.4, -0.2) is 68.7 Å². The molecular formula is C28H42N4O4S. The lowest BCUT2D eigenvalue weighted by Crippen LogP contribution is -2.55. The highest BCUT2D eigenvalue weighted by molar-refractivity contribution is 7.90. The van der Waals surface area contributed by atoms with Crippen molar-refractivity contribution in [2.75, 3.05) is 31.5 Å². The molecule has 204 valence electrons. The third-order valence-corrected chi connectivity index (χ3v) is 8.33. The van der Waals surface area contributed by atoms with Gasteiger partial charge in [-0.3, -0.25) is 9.59 Å². The van der Waals surface area contributed by atoms with E-state index in [2.05, 4.69) is 5.32 Å². The first-order chi connectivity index (χ1) is 17.4. The third-order valence-electron chi connectivity index (χ3n) is 6.52. The van der Waals surface area contributed by atoms with Gasteiger partial charge in [-0.1, -0.05) is 56.3 Å². The van der Waals surface area contributed by atoms with E-state index in [0.29, 0.717) is 18.5 Å². The first-order valence-corrected chi connectivity index (χ1v) is 14.2. The summed E-state index contributed by atoms with van der Waals surface area (Å²) in [7, 11) is -1.10. The number of benzene rings is 2. The van der Waals surface area contributed by atoms with E-state index < -0.39 is 28.7 Å². The summed E-state index contributed by atoms with van der Waals surface area (Å²) < 4.78 is 29.0. The minimum atomic E-state index is -3.98. The number of hydrogen-bond acceptors (Lipinski definition) is 4. The maximum atomic E-state index is 13.9. The molecule has 1 N–H and O–H groups in total. The van der Waals surface area contributed by atoms with E-state index >= 15 is 0 Å². The summed E-state index contributed by atoms with van der Waals surface area (Å²) in [6.45, 7) is 9.35. The van der Waals surface area contributed by atoms with Crippen molar-refractivity contribution < 1.29 is 18.0 Å². The first-order valence-electron chi connectivity index (χ1n) is 12.8. The molecule has 2 aromatic rings. The van der Waals surface area contributed by atoms with E-state index in [0.717, 1.165) is 31.7 Å². The highest BCUT2D eigenvalue weighted by Crippen LogP contribution is 2.26. The quantitative estimate of drug-likeness (QED) is 0.428. The molecule has 0 radical (unpaired) electrons. The van der Waals surface area contributed by atoms with Crippen LogP contribution in [0.3, 0.4) is 0 Å². The summed E-state index contributed by atoms with van der Waals surface area (Å²) in [5.41, 5.74) is 3.10. The van der Waals surface area contributed by atoms with Gasteiger partial charge in [0.2, 0.25) is 11.8 Å². The van der Waals surface area contributed by atoms with Gasteiger partial charge in [0.05, 0.1) is 5.69 Å². The van der Waals surface area contributed by atoms with Crippen molar-refractivity contribution in [3.05, 3.63) is 65.2 Å². The molecule has 0 saturated heterocycles. The Kier molecular flexibility index (Phi) is 11.1. The van der Waals surface area contributed by atoms with Crippen LogP contribution in [0.15, 0.2) is 48.5 Å². The third kappa shape index (κ3) is 8.04. The number of hydrogen-bond donors (Lipinski definition) is 1. The van der Waals surface area contributed by atoms with Gasteiger partial charge in [0.15, 0.2) is 0 Å². The molecule has 2 amide bonds. The van der Waals surface area contributed by atoms with Gasteiger partial charge < -0.3 is 10.2 Å². The van der Waals surface area contributed by atoms with Crippen molar-refractivity contribution in [2.45, 2.75) is 66.0 Å². The van der Waals surface area contributed by atoms with E-state index in [1.165, 1.54) is 19.0 Å². The first kappa shape index (κ1) is 30.3. The van der Waals surface area contributed by atoms with Crippen LogP contribution in [0, 0.1) is 13.8 Å². The van der Waals surface area contributed by atoms with Gasteiger partial charge in [0.25, 0.3) is 0 Å². The van der Waals surface area contributed by atoms with Crippen LogP contribution < -0.4 is 9.62 Å². The number of nitrogens with zero attached hydrogens (tertiary/aromatic N) is 3.